The fourth-order valence-corrected chi connectivity index (χ4v) is 3.13. The molecule has 1 atom stereocenters. The first kappa shape index (κ1) is 19.1. The number of hydrogen-bond acceptors (Lipinski definition) is 6. The van der Waals surface area contributed by atoms with Crippen molar-refractivity contribution in [3.8, 4) is 0 Å². The maximum Gasteiger partial charge on any atom is 0.246 e. The van der Waals surface area contributed by atoms with E-state index in [1.165, 1.54) is 12.8 Å². The van der Waals surface area contributed by atoms with Crippen LogP contribution in [0.4, 0.5) is 0 Å². The third kappa shape index (κ3) is 4.88. The molecule has 2 aromatic rings. The Hall–Kier alpha value is -1.23. The summed E-state index contributed by atoms with van der Waals surface area (Å²) in [6, 6.07) is 0. The van der Waals surface area contributed by atoms with Crippen molar-refractivity contribution >= 4 is 41.3 Å². The number of guanidine groups is 1. The normalized spacial score (nSPS) is 15.7. The number of halogens is 1. The van der Waals surface area contributed by atoms with E-state index in [1.807, 2.05) is 18.6 Å². The van der Waals surface area contributed by atoms with Crippen LogP contribution >= 0.6 is 35.3 Å². The summed E-state index contributed by atoms with van der Waals surface area (Å²) < 4.78 is 5.28. The van der Waals surface area contributed by atoms with E-state index in [1.54, 1.807) is 18.4 Å². The zero-order chi connectivity index (χ0) is 16.2. The van der Waals surface area contributed by atoms with Crippen LogP contribution in [0.15, 0.2) is 21.1 Å². The van der Waals surface area contributed by atoms with E-state index in [0.29, 0.717) is 24.3 Å². The average Bonchev–Trinajstić information content (AvgIpc) is 3.05. The summed E-state index contributed by atoms with van der Waals surface area (Å²) in [6.07, 6.45) is 4.19. The SMILES string of the molecule is CN=C(NCc1nc(C2CC2)no1)N(C)CC(C)c1nccs1.I. The van der Waals surface area contributed by atoms with Crippen molar-refractivity contribution in [3.05, 3.63) is 28.3 Å². The zero-order valence-corrected chi connectivity index (χ0v) is 17.2. The number of thiazole rings is 1. The molecule has 1 fully saturated rings. The highest BCUT2D eigenvalue weighted by Crippen LogP contribution is 2.38. The lowest BCUT2D eigenvalue weighted by molar-refractivity contribution is 0.365. The van der Waals surface area contributed by atoms with Crippen molar-refractivity contribution in [2.75, 3.05) is 20.6 Å². The van der Waals surface area contributed by atoms with Crippen LogP contribution in [0.2, 0.25) is 0 Å². The number of likely N-dealkylation sites (N-methyl/N-ethyl adjacent to an activating group) is 1. The number of rotatable bonds is 6. The van der Waals surface area contributed by atoms with Gasteiger partial charge in [0, 0.05) is 44.1 Å². The Morgan fingerprint density at radius 1 is 1.54 bits per heavy atom. The molecule has 1 aliphatic rings. The first-order chi connectivity index (χ1) is 11.2. The molecule has 1 aliphatic carbocycles. The van der Waals surface area contributed by atoms with Crippen LogP contribution in [0.5, 0.6) is 0 Å². The lowest BCUT2D eigenvalue weighted by Gasteiger charge is -2.24. The Morgan fingerprint density at radius 3 is 2.96 bits per heavy atom. The van der Waals surface area contributed by atoms with Gasteiger partial charge in [-0.05, 0) is 12.8 Å². The second kappa shape index (κ2) is 8.75. The molecule has 1 saturated carbocycles. The van der Waals surface area contributed by atoms with E-state index in [0.717, 1.165) is 23.3 Å². The molecule has 1 N–H and O–H groups in total. The van der Waals surface area contributed by atoms with Gasteiger partial charge in [-0.25, -0.2) is 4.98 Å². The van der Waals surface area contributed by atoms with Gasteiger partial charge in [-0.15, -0.1) is 35.3 Å². The highest BCUT2D eigenvalue weighted by atomic mass is 127. The second-order valence-electron chi connectivity index (χ2n) is 5.87. The van der Waals surface area contributed by atoms with Crippen LogP contribution < -0.4 is 5.32 Å². The van der Waals surface area contributed by atoms with Crippen LogP contribution in [0, 0.1) is 0 Å². The quantitative estimate of drug-likeness (QED) is 0.404. The Bertz CT molecular complexity index is 655. The van der Waals surface area contributed by atoms with E-state index in [2.05, 4.69) is 37.3 Å². The monoisotopic (exact) mass is 462 g/mol. The van der Waals surface area contributed by atoms with Crippen LogP contribution in [0.1, 0.15) is 48.3 Å². The van der Waals surface area contributed by atoms with Crippen molar-refractivity contribution in [1.29, 1.82) is 0 Å². The van der Waals surface area contributed by atoms with Gasteiger partial charge in [0.15, 0.2) is 11.8 Å². The molecular weight excluding hydrogens is 439 g/mol. The predicted molar refractivity (Wildman–Crippen MR) is 105 cm³/mol. The van der Waals surface area contributed by atoms with E-state index in [4.69, 9.17) is 4.52 Å². The Balaban J connectivity index is 0.00000208. The zero-order valence-electron chi connectivity index (χ0n) is 14.1. The Labute approximate surface area is 163 Å². The van der Waals surface area contributed by atoms with E-state index in [9.17, 15) is 0 Å². The van der Waals surface area contributed by atoms with Crippen LogP contribution in [-0.2, 0) is 6.54 Å². The summed E-state index contributed by atoms with van der Waals surface area (Å²) in [5.41, 5.74) is 0. The molecule has 0 radical (unpaired) electrons. The second-order valence-corrected chi connectivity index (χ2v) is 6.80. The highest BCUT2D eigenvalue weighted by Gasteiger charge is 2.28. The van der Waals surface area contributed by atoms with Gasteiger partial charge < -0.3 is 14.7 Å². The lowest BCUT2D eigenvalue weighted by Crippen LogP contribution is -2.40. The van der Waals surface area contributed by atoms with Crippen molar-refractivity contribution in [2.45, 2.75) is 38.1 Å². The third-order valence-electron chi connectivity index (χ3n) is 3.82. The number of nitrogens with one attached hydrogen (secondary N) is 1. The molecule has 2 aromatic heterocycles. The number of hydrogen-bond donors (Lipinski definition) is 1. The summed E-state index contributed by atoms with van der Waals surface area (Å²) in [5, 5.41) is 10.4. The Kier molecular flexibility index (Phi) is 6.96. The minimum Gasteiger partial charge on any atom is -0.347 e. The smallest absolute Gasteiger partial charge is 0.246 e. The van der Waals surface area contributed by atoms with Gasteiger partial charge >= 0.3 is 0 Å². The van der Waals surface area contributed by atoms with Crippen molar-refractivity contribution < 1.29 is 4.52 Å². The predicted octanol–water partition coefficient (Wildman–Crippen LogP) is 2.83. The summed E-state index contributed by atoms with van der Waals surface area (Å²) in [6.45, 7) is 3.50. The molecule has 7 nitrogen and oxygen atoms in total. The minimum absolute atomic E-state index is 0. The van der Waals surface area contributed by atoms with Gasteiger partial charge in [0.25, 0.3) is 0 Å². The molecule has 0 aromatic carbocycles. The van der Waals surface area contributed by atoms with Crippen molar-refractivity contribution in [3.63, 3.8) is 0 Å². The molecule has 1 unspecified atom stereocenters. The first-order valence-corrected chi connectivity index (χ1v) is 8.69. The van der Waals surface area contributed by atoms with Crippen molar-refractivity contribution in [1.82, 2.24) is 25.3 Å². The molecule has 0 bridgehead atoms. The largest absolute Gasteiger partial charge is 0.347 e. The summed E-state index contributed by atoms with van der Waals surface area (Å²) in [5.74, 6) is 3.11. The van der Waals surface area contributed by atoms with E-state index >= 15 is 0 Å². The molecule has 2 heterocycles. The summed E-state index contributed by atoms with van der Waals surface area (Å²) >= 11 is 1.68. The molecule has 0 aliphatic heterocycles. The molecule has 0 saturated heterocycles. The number of aromatic nitrogens is 3. The average molecular weight is 462 g/mol. The van der Waals surface area contributed by atoms with Gasteiger partial charge in [-0.1, -0.05) is 12.1 Å². The third-order valence-corrected chi connectivity index (χ3v) is 4.83. The van der Waals surface area contributed by atoms with Crippen molar-refractivity contribution in [2.24, 2.45) is 4.99 Å². The van der Waals surface area contributed by atoms with Gasteiger partial charge in [0.2, 0.25) is 5.89 Å². The topological polar surface area (TPSA) is 79.4 Å². The van der Waals surface area contributed by atoms with Crippen LogP contribution in [0.25, 0.3) is 0 Å². The van der Waals surface area contributed by atoms with E-state index < -0.39 is 0 Å². The van der Waals surface area contributed by atoms with Crippen LogP contribution in [0.3, 0.4) is 0 Å². The summed E-state index contributed by atoms with van der Waals surface area (Å²) in [7, 11) is 3.79. The standard InChI is InChI=1S/C15H22N6OS.HI/c1-10(14-17-6-7-23-14)9-21(3)15(16-2)18-8-12-19-13(20-22-12)11-4-5-11;/h6-7,10-11H,4-5,8-9H2,1-3H3,(H,16,18);1H. The lowest BCUT2D eigenvalue weighted by atomic mass is 10.2. The van der Waals surface area contributed by atoms with Gasteiger partial charge in [0.1, 0.15) is 0 Å². The van der Waals surface area contributed by atoms with E-state index in [-0.39, 0.29) is 24.0 Å². The Morgan fingerprint density at radius 2 is 2.33 bits per heavy atom. The van der Waals surface area contributed by atoms with Gasteiger partial charge in [0.05, 0.1) is 11.6 Å². The molecule has 132 valence electrons. The fourth-order valence-electron chi connectivity index (χ4n) is 2.44. The minimum atomic E-state index is 0. The molecular formula is C15H23IN6OS. The highest BCUT2D eigenvalue weighted by molar-refractivity contribution is 14.0. The number of nitrogens with zero attached hydrogens (tertiary/aromatic N) is 5. The number of aliphatic imine (C=N–C) groups is 1. The molecule has 24 heavy (non-hydrogen) atoms. The molecule has 9 heteroatoms. The van der Waals surface area contributed by atoms with Gasteiger partial charge in [-0.2, -0.15) is 4.98 Å². The maximum atomic E-state index is 5.28. The molecule has 3 rings (SSSR count). The fraction of sp³-hybridized carbons (Fsp3) is 0.600. The van der Waals surface area contributed by atoms with Gasteiger partial charge in [-0.3, -0.25) is 4.99 Å². The maximum absolute atomic E-state index is 5.28. The first-order valence-electron chi connectivity index (χ1n) is 7.81. The molecule has 0 amide bonds. The van der Waals surface area contributed by atoms with Crippen LogP contribution in [-0.4, -0.2) is 46.6 Å². The summed E-state index contributed by atoms with van der Waals surface area (Å²) in [4.78, 5) is 15.2. The molecule has 0 spiro atoms.